The van der Waals surface area contributed by atoms with E-state index in [9.17, 15) is 4.79 Å². The molecule has 0 unspecified atom stereocenters. The minimum Gasteiger partial charge on any atom is -0.355 e. The van der Waals surface area contributed by atoms with Gasteiger partial charge in [-0.15, -0.1) is 0 Å². The van der Waals surface area contributed by atoms with Crippen LogP contribution < -0.4 is 5.32 Å². The van der Waals surface area contributed by atoms with Crippen LogP contribution in [0.2, 0.25) is 0 Å². The number of H-pyrrole nitrogens is 1. The summed E-state index contributed by atoms with van der Waals surface area (Å²) in [6, 6.07) is 15.7. The van der Waals surface area contributed by atoms with Gasteiger partial charge < -0.3 is 10.3 Å². The van der Waals surface area contributed by atoms with Gasteiger partial charge in [0.05, 0.1) is 11.0 Å². The third-order valence-corrected chi connectivity index (χ3v) is 3.23. The molecular weight excluding hydrogens is 250 g/mol. The molecule has 0 aliphatic carbocycles. The van der Waals surface area contributed by atoms with Crippen molar-refractivity contribution in [1.82, 2.24) is 15.3 Å². The first-order chi connectivity index (χ1) is 9.76. The molecule has 0 atom stereocenters. The lowest BCUT2D eigenvalue weighted by atomic mass is 10.1. The molecule has 2 aromatic carbocycles. The molecule has 2 N–H and O–H groups in total. The van der Waals surface area contributed by atoms with Gasteiger partial charge in [0.25, 0.3) is 5.91 Å². The third-order valence-electron chi connectivity index (χ3n) is 3.23. The molecule has 100 valence electrons. The Morgan fingerprint density at radius 1 is 1.20 bits per heavy atom. The predicted octanol–water partition coefficient (Wildman–Crippen LogP) is 2.51. The molecule has 4 heteroatoms. The van der Waals surface area contributed by atoms with E-state index in [1.165, 1.54) is 5.56 Å². The second-order valence-corrected chi connectivity index (χ2v) is 4.66. The highest BCUT2D eigenvalue weighted by Gasteiger charge is 2.08. The topological polar surface area (TPSA) is 57.8 Å². The van der Waals surface area contributed by atoms with Crippen molar-refractivity contribution in [2.24, 2.45) is 0 Å². The second kappa shape index (κ2) is 5.17. The van der Waals surface area contributed by atoms with E-state index in [0.717, 1.165) is 23.3 Å². The standard InChI is InChI=1S/C16H15N3O/c1-17-16(20)12-7-8-13-14(10-12)19-15(18-13)9-11-5-3-2-4-6-11/h2-8,10H,9H2,1H3,(H,17,20)(H,18,19). The molecule has 0 aliphatic rings. The van der Waals surface area contributed by atoms with Crippen LogP contribution >= 0.6 is 0 Å². The van der Waals surface area contributed by atoms with Crippen LogP contribution in [0, 0.1) is 0 Å². The first-order valence-electron chi connectivity index (χ1n) is 6.51. The second-order valence-electron chi connectivity index (χ2n) is 4.66. The Balaban J connectivity index is 1.92. The summed E-state index contributed by atoms with van der Waals surface area (Å²) in [6.45, 7) is 0. The highest BCUT2D eigenvalue weighted by atomic mass is 16.1. The van der Waals surface area contributed by atoms with E-state index in [0.29, 0.717) is 5.56 Å². The lowest BCUT2D eigenvalue weighted by molar-refractivity contribution is 0.0963. The molecule has 0 spiro atoms. The van der Waals surface area contributed by atoms with Crippen molar-refractivity contribution in [1.29, 1.82) is 0 Å². The maximum absolute atomic E-state index is 11.6. The van der Waals surface area contributed by atoms with Crippen LogP contribution in [-0.2, 0) is 6.42 Å². The summed E-state index contributed by atoms with van der Waals surface area (Å²) in [5, 5.41) is 2.62. The van der Waals surface area contributed by atoms with Crippen LogP contribution in [-0.4, -0.2) is 22.9 Å². The Labute approximate surface area is 116 Å². The van der Waals surface area contributed by atoms with Gasteiger partial charge in [-0.05, 0) is 23.8 Å². The van der Waals surface area contributed by atoms with E-state index in [2.05, 4.69) is 27.4 Å². The summed E-state index contributed by atoms with van der Waals surface area (Å²) in [7, 11) is 1.63. The zero-order chi connectivity index (χ0) is 13.9. The molecule has 3 rings (SSSR count). The molecule has 1 heterocycles. The highest BCUT2D eigenvalue weighted by molar-refractivity contribution is 5.97. The van der Waals surface area contributed by atoms with Crippen LogP contribution in [0.15, 0.2) is 48.5 Å². The maximum Gasteiger partial charge on any atom is 0.251 e. The van der Waals surface area contributed by atoms with E-state index < -0.39 is 0 Å². The van der Waals surface area contributed by atoms with Crippen molar-refractivity contribution in [2.75, 3.05) is 7.05 Å². The van der Waals surface area contributed by atoms with E-state index in [1.807, 2.05) is 30.3 Å². The smallest absolute Gasteiger partial charge is 0.251 e. The van der Waals surface area contributed by atoms with Gasteiger partial charge in [0.15, 0.2) is 0 Å². The van der Waals surface area contributed by atoms with E-state index in [-0.39, 0.29) is 5.91 Å². The van der Waals surface area contributed by atoms with Gasteiger partial charge in [0, 0.05) is 19.0 Å². The Morgan fingerprint density at radius 2 is 2.00 bits per heavy atom. The Morgan fingerprint density at radius 3 is 2.75 bits per heavy atom. The van der Waals surface area contributed by atoms with E-state index >= 15 is 0 Å². The Hall–Kier alpha value is -2.62. The Bertz CT molecular complexity index is 747. The summed E-state index contributed by atoms with van der Waals surface area (Å²) in [6.07, 6.45) is 0.755. The van der Waals surface area contributed by atoms with E-state index in [4.69, 9.17) is 0 Å². The lowest BCUT2D eigenvalue weighted by Gasteiger charge is -1.98. The van der Waals surface area contributed by atoms with Crippen LogP contribution in [0.4, 0.5) is 0 Å². The van der Waals surface area contributed by atoms with E-state index in [1.54, 1.807) is 13.1 Å². The van der Waals surface area contributed by atoms with Crippen molar-refractivity contribution in [3.63, 3.8) is 0 Å². The summed E-state index contributed by atoms with van der Waals surface area (Å²) in [5.74, 6) is 0.811. The monoisotopic (exact) mass is 265 g/mol. The number of carbonyl (C=O) groups excluding carboxylic acids is 1. The highest BCUT2D eigenvalue weighted by Crippen LogP contribution is 2.16. The number of rotatable bonds is 3. The fraction of sp³-hybridized carbons (Fsp3) is 0.125. The minimum absolute atomic E-state index is 0.0916. The number of aromatic nitrogens is 2. The minimum atomic E-state index is -0.0916. The van der Waals surface area contributed by atoms with Crippen LogP contribution in [0.25, 0.3) is 11.0 Å². The number of amides is 1. The SMILES string of the molecule is CNC(=O)c1ccc2nc(Cc3ccccc3)[nH]c2c1. The molecule has 0 saturated carbocycles. The van der Waals surface area contributed by atoms with Gasteiger partial charge in [-0.1, -0.05) is 30.3 Å². The van der Waals surface area contributed by atoms with Gasteiger partial charge in [0.2, 0.25) is 0 Å². The molecule has 3 aromatic rings. The third kappa shape index (κ3) is 2.40. The number of imidazole rings is 1. The normalized spacial score (nSPS) is 10.7. The van der Waals surface area contributed by atoms with Gasteiger partial charge in [-0.3, -0.25) is 4.79 Å². The van der Waals surface area contributed by atoms with Crippen molar-refractivity contribution < 1.29 is 4.79 Å². The number of aromatic amines is 1. The number of hydrogen-bond acceptors (Lipinski definition) is 2. The number of carbonyl (C=O) groups is 1. The quantitative estimate of drug-likeness (QED) is 0.764. The largest absolute Gasteiger partial charge is 0.355 e. The van der Waals surface area contributed by atoms with Crippen molar-refractivity contribution in [3.05, 3.63) is 65.5 Å². The fourth-order valence-corrected chi connectivity index (χ4v) is 2.22. The van der Waals surface area contributed by atoms with Crippen LogP contribution in [0.3, 0.4) is 0 Å². The number of nitrogens with zero attached hydrogens (tertiary/aromatic N) is 1. The van der Waals surface area contributed by atoms with Crippen molar-refractivity contribution in [3.8, 4) is 0 Å². The zero-order valence-corrected chi connectivity index (χ0v) is 11.2. The lowest BCUT2D eigenvalue weighted by Crippen LogP contribution is -2.17. The average molecular weight is 265 g/mol. The number of benzene rings is 2. The average Bonchev–Trinajstić information content (AvgIpc) is 2.88. The maximum atomic E-state index is 11.6. The zero-order valence-electron chi connectivity index (χ0n) is 11.2. The predicted molar refractivity (Wildman–Crippen MR) is 78.7 cm³/mol. The molecule has 0 saturated heterocycles. The van der Waals surface area contributed by atoms with Crippen molar-refractivity contribution >= 4 is 16.9 Å². The van der Waals surface area contributed by atoms with Crippen molar-refractivity contribution in [2.45, 2.75) is 6.42 Å². The number of hydrogen-bond donors (Lipinski definition) is 2. The molecule has 20 heavy (non-hydrogen) atoms. The number of nitrogens with one attached hydrogen (secondary N) is 2. The summed E-state index contributed by atoms with van der Waals surface area (Å²) in [4.78, 5) is 19.4. The van der Waals surface area contributed by atoms with Gasteiger partial charge in [0.1, 0.15) is 5.82 Å². The summed E-state index contributed by atoms with van der Waals surface area (Å²) >= 11 is 0. The molecule has 4 nitrogen and oxygen atoms in total. The van der Waals surface area contributed by atoms with Gasteiger partial charge in [-0.25, -0.2) is 4.98 Å². The molecule has 0 aliphatic heterocycles. The first kappa shape index (κ1) is 12.4. The molecular formula is C16H15N3O. The summed E-state index contributed by atoms with van der Waals surface area (Å²) < 4.78 is 0. The Kier molecular flexibility index (Phi) is 3.21. The molecule has 1 amide bonds. The van der Waals surface area contributed by atoms with Crippen LogP contribution in [0.5, 0.6) is 0 Å². The van der Waals surface area contributed by atoms with Crippen LogP contribution in [0.1, 0.15) is 21.7 Å². The molecule has 0 bridgehead atoms. The fourth-order valence-electron chi connectivity index (χ4n) is 2.22. The van der Waals surface area contributed by atoms with Gasteiger partial charge >= 0.3 is 0 Å². The summed E-state index contributed by atoms with van der Waals surface area (Å²) in [5.41, 5.74) is 3.61. The molecule has 1 aromatic heterocycles. The van der Waals surface area contributed by atoms with Gasteiger partial charge in [-0.2, -0.15) is 0 Å². The molecule has 0 fully saturated rings. The first-order valence-corrected chi connectivity index (χ1v) is 6.51. The molecule has 0 radical (unpaired) electrons. The number of fused-ring (bicyclic) bond motifs is 1.